The summed E-state index contributed by atoms with van der Waals surface area (Å²) < 4.78 is 27.4. The van der Waals surface area contributed by atoms with Crippen LogP contribution in [0.4, 0.5) is 5.69 Å². The van der Waals surface area contributed by atoms with E-state index in [1.165, 1.54) is 4.31 Å². The fraction of sp³-hybridized carbons (Fsp3) is 0.214. The zero-order valence-corrected chi connectivity index (χ0v) is 13.6. The molecule has 0 atom stereocenters. The number of hydrogen-bond acceptors (Lipinski definition) is 4. The van der Waals surface area contributed by atoms with Crippen LogP contribution in [0.5, 0.6) is 0 Å². The lowest BCUT2D eigenvalue weighted by Crippen LogP contribution is -2.35. The van der Waals surface area contributed by atoms with Crippen molar-refractivity contribution in [3.8, 4) is 0 Å². The van der Waals surface area contributed by atoms with Crippen LogP contribution >= 0.6 is 23.6 Å². The fourth-order valence-corrected chi connectivity index (χ4v) is 5.46. The Balaban J connectivity index is 2.05. The highest BCUT2D eigenvalue weighted by atomic mass is 32.2. The van der Waals surface area contributed by atoms with Crippen LogP contribution in [0.3, 0.4) is 0 Å². The number of rotatable bonds is 3. The first kappa shape index (κ1) is 14.5. The van der Waals surface area contributed by atoms with Crippen molar-refractivity contribution in [1.29, 1.82) is 0 Å². The summed E-state index contributed by atoms with van der Waals surface area (Å²) in [4.78, 5) is 0.842. The van der Waals surface area contributed by atoms with Gasteiger partial charge >= 0.3 is 0 Å². The van der Waals surface area contributed by atoms with Gasteiger partial charge in [0.2, 0.25) is 0 Å². The van der Waals surface area contributed by atoms with Gasteiger partial charge in [-0.25, -0.2) is 8.42 Å². The molecule has 4 nitrogen and oxygen atoms in total. The van der Waals surface area contributed by atoms with E-state index in [2.05, 4.69) is 0 Å². The zero-order valence-electron chi connectivity index (χ0n) is 11.2. The van der Waals surface area contributed by atoms with E-state index in [-0.39, 0.29) is 9.20 Å². The van der Waals surface area contributed by atoms with Crippen LogP contribution in [-0.4, -0.2) is 20.0 Å². The first-order valence-corrected chi connectivity index (χ1v) is 9.17. The minimum absolute atomic E-state index is 0.223. The SMILES string of the molecule is NC(=S)c1ccc(S(=O)(=O)N2CCCc3ccccc32)s1. The molecule has 2 aromatic rings. The topological polar surface area (TPSA) is 63.4 Å². The molecule has 3 rings (SSSR count). The number of nitrogens with zero attached hydrogens (tertiary/aromatic N) is 1. The summed E-state index contributed by atoms with van der Waals surface area (Å²) in [7, 11) is -3.55. The van der Waals surface area contributed by atoms with Crippen molar-refractivity contribution < 1.29 is 8.42 Å². The van der Waals surface area contributed by atoms with Gasteiger partial charge in [0.15, 0.2) is 0 Å². The van der Waals surface area contributed by atoms with Crippen LogP contribution in [0.25, 0.3) is 0 Å². The molecular formula is C14H14N2O2S3. The Kier molecular flexibility index (Phi) is 3.73. The van der Waals surface area contributed by atoms with Crippen molar-refractivity contribution in [2.24, 2.45) is 5.73 Å². The highest BCUT2D eigenvalue weighted by molar-refractivity contribution is 7.94. The summed E-state index contributed by atoms with van der Waals surface area (Å²) in [6.45, 7) is 0.500. The molecule has 1 aliphatic heterocycles. The molecular weight excluding hydrogens is 324 g/mol. The first-order valence-electron chi connectivity index (χ1n) is 6.50. The van der Waals surface area contributed by atoms with Gasteiger partial charge in [-0.1, -0.05) is 30.4 Å². The van der Waals surface area contributed by atoms with E-state index < -0.39 is 10.0 Å². The smallest absolute Gasteiger partial charge is 0.273 e. The van der Waals surface area contributed by atoms with Gasteiger partial charge in [0.25, 0.3) is 10.0 Å². The van der Waals surface area contributed by atoms with E-state index in [1.807, 2.05) is 24.3 Å². The van der Waals surface area contributed by atoms with Crippen LogP contribution < -0.4 is 10.0 Å². The molecule has 21 heavy (non-hydrogen) atoms. The van der Waals surface area contributed by atoms with Crippen LogP contribution in [0.1, 0.15) is 16.9 Å². The van der Waals surface area contributed by atoms with Crippen LogP contribution in [0, 0.1) is 0 Å². The van der Waals surface area contributed by atoms with Crippen molar-refractivity contribution in [2.75, 3.05) is 10.8 Å². The second-order valence-electron chi connectivity index (χ2n) is 4.79. The number of aryl methyl sites for hydroxylation is 1. The van der Waals surface area contributed by atoms with Gasteiger partial charge in [-0.05, 0) is 36.6 Å². The third kappa shape index (κ3) is 2.56. The molecule has 1 aromatic carbocycles. The number of nitrogens with two attached hydrogens (primary N) is 1. The fourth-order valence-electron chi connectivity index (χ4n) is 2.45. The minimum atomic E-state index is -3.55. The summed E-state index contributed by atoms with van der Waals surface area (Å²) in [5.41, 5.74) is 7.40. The average molecular weight is 338 g/mol. The molecule has 1 aliphatic rings. The summed E-state index contributed by atoms with van der Waals surface area (Å²) in [5.74, 6) is 0. The Hall–Kier alpha value is -1.44. The molecule has 2 N–H and O–H groups in total. The molecule has 7 heteroatoms. The Bertz CT molecular complexity index is 796. The van der Waals surface area contributed by atoms with E-state index >= 15 is 0 Å². The monoisotopic (exact) mass is 338 g/mol. The molecule has 1 aromatic heterocycles. The lowest BCUT2D eigenvalue weighted by atomic mass is 10.0. The highest BCUT2D eigenvalue weighted by Crippen LogP contribution is 2.33. The largest absolute Gasteiger partial charge is 0.389 e. The van der Waals surface area contributed by atoms with Gasteiger partial charge < -0.3 is 5.73 Å². The number of para-hydroxylation sites is 1. The third-order valence-corrected chi connectivity index (χ3v) is 7.18. The maximum absolute atomic E-state index is 12.8. The van der Waals surface area contributed by atoms with Gasteiger partial charge in [0.05, 0.1) is 10.6 Å². The Morgan fingerprint density at radius 3 is 2.71 bits per heavy atom. The Labute approximate surface area is 133 Å². The number of sulfonamides is 1. The lowest BCUT2D eigenvalue weighted by Gasteiger charge is -2.29. The molecule has 0 bridgehead atoms. The number of fused-ring (bicyclic) bond motifs is 1. The maximum Gasteiger partial charge on any atom is 0.273 e. The summed E-state index contributed by atoms with van der Waals surface area (Å²) >= 11 is 6.02. The van der Waals surface area contributed by atoms with E-state index in [0.29, 0.717) is 11.4 Å². The molecule has 0 saturated carbocycles. The van der Waals surface area contributed by atoms with Crippen molar-refractivity contribution in [3.63, 3.8) is 0 Å². The second-order valence-corrected chi connectivity index (χ2v) is 8.41. The maximum atomic E-state index is 12.8. The number of hydrogen-bond donors (Lipinski definition) is 1. The van der Waals surface area contributed by atoms with Crippen molar-refractivity contribution >= 4 is 44.3 Å². The molecule has 2 heterocycles. The summed E-state index contributed by atoms with van der Waals surface area (Å²) in [6.07, 6.45) is 1.73. The molecule has 110 valence electrons. The highest BCUT2D eigenvalue weighted by Gasteiger charge is 2.30. The van der Waals surface area contributed by atoms with Crippen molar-refractivity contribution in [2.45, 2.75) is 17.1 Å². The van der Waals surface area contributed by atoms with E-state index in [9.17, 15) is 8.42 Å². The molecule has 0 aliphatic carbocycles. The molecule has 0 amide bonds. The third-order valence-electron chi connectivity index (χ3n) is 3.44. The predicted octanol–water partition coefficient (Wildman–Crippen LogP) is 2.52. The normalized spacial score (nSPS) is 14.8. The van der Waals surface area contributed by atoms with Crippen LogP contribution in [-0.2, 0) is 16.4 Å². The van der Waals surface area contributed by atoms with Gasteiger partial charge in [0.1, 0.15) is 9.20 Å². The van der Waals surface area contributed by atoms with Crippen LogP contribution in [0.15, 0.2) is 40.6 Å². The van der Waals surface area contributed by atoms with Crippen molar-refractivity contribution in [1.82, 2.24) is 0 Å². The standard InChI is InChI=1S/C14H14N2O2S3/c15-14(19)12-7-8-13(20-12)21(17,18)16-9-3-5-10-4-1-2-6-11(10)16/h1-2,4,6-8H,3,5,9H2,(H2,15,19). The van der Waals surface area contributed by atoms with E-state index in [0.717, 1.165) is 35.4 Å². The molecule has 0 radical (unpaired) electrons. The number of anilines is 1. The molecule has 0 saturated heterocycles. The zero-order chi connectivity index (χ0) is 15.0. The first-order chi connectivity index (χ1) is 10.00. The molecule has 0 spiro atoms. The Morgan fingerprint density at radius 2 is 2.00 bits per heavy atom. The quantitative estimate of drug-likeness (QED) is 0.874. The summed E-state index contributed by atoms with van der Waals surface area (Å²) in [6, 6.07) is 10.9. The van der Waals surface area contributed by atoms with Gasteiger partial charge in [0, 0.05) is 6.54 Å². The number of thiocarbonyl (C=S) groups is 1. The Morgan fingerprint density at radius 1 is 1.24 bits per heavy atom. The molecule has 0 fully saturated rings. The summed E-state index contributed by atoms with van der Waals surface area (Å²) in [5, 5.41) is 0. The van der Waals surface area contributed by atoms with Crippen LogP contribution in [0.2, 0.25) is 0 Å². The van der Waals surface area contributed by atoms with Gasteiger partial charge in [-0.15, -0.1) is 11.3 Å². The van der Waals surface area contributed by atoms with E-state index in [1.54, 1.807) is 12.1 Å². The van der Waals surface area contributed by atoms with Crippen molar-refractivity contribution in [3.05, 3.63) is 46.8 Å². The predicted molar refractivity (Wildman–Crippen MR) is 89.5 cm³/mol. The van der Waals surface area contributed by atoms with Gasteiger partial charge in [-0.3, -0.25) is 4.31 Å². The molecule has 0 unspecified atom stereocenters. The number of thiophene rings is 1. The number of benzene rings is 1. The van der Waals surface area contributed by atoms with Gasteiger partial charge in [-0.2, -0.15) is 0 Å². The minimum Gasteiger partial charge on any atom is -0.389 e. The average Bonchev–Trinajstić information content (AvgIpc) is 2.97. The van der Waals surface area contributed by atoms with E-state index in [4.69, 9.17) is 18.0 Å². The second kappa shape index (κ2) is 5.40. The lowest BCUT2D eigenvalue weighted by molar-refractivity contribution is 0.588.